The number of methoxy groups -OCH3 is 1. The fraction of sp³-hybridized carbons (Fsp3) is 0.276. The number of nitrogens with two attached hydrogens (primary N) is 1. The number of aromatic nitrogens is 4. The minimum absolute atomic E-state index is 0.0161. The molecule has 0 atom stereocenters. The van der Waals surface area contributed by atoms with Crippen molar-refractivity contribution in [2.24, 2.45) is 0 Å². The number of hydrogen-bond donors (Lipinski definition) is 1. The Morgan fingerprint density at radius 1 is 1.13 bits per heavy atom. The molecule has 7 rings (SSSR count). The van der Waals surface area contributed by atoms with Crippen molar-refractivity contribution in [2.45, 2.75) is 25.7 Å². The number of fused-ring (bicyclic) bond motifs is 3. The summed E-state index contributed by atoms with van der Waals surface area (Å²) in [5.74, 6) is -2.38. The number of benzene rings is 2. The van der Waals surface area contributed by atoms with Crippen LogP contribution in [0.5, 0.6) is 6.01 Å². The Hall–Kier alpha value is -5.04. The quantitative estimate of drug-likeness (QED) is 0.261. The first-order valence-electron chi connectivity index (χ1n) is 13.7. The number of rotatable bonds is 4. The maximum absolute atomic E-state index is 16.6. The summed E-state index contributed by atoms with van der Waals surface area (Å²) in [6.45, 7) is 1.92. The normalized spacial score (nSPS) is 14.9. The fourth-order valence-corrected chi connectivity index (χ4v) is 6.70. The first kappa shape index (κ1) is 28.7. The van der Waals surface area contributed by atoms with Gasteiger partial charge in [-0.05, 0) is 30.2 Å². The predicted octanol–water partition coefficient (Wildman–Crippen LogP) is 5.33. The van der Waals surface area contributed by atoms with Gasteiger partial charge in [0.25, 0.3) is 5.91 Å². The molecule has 3 aromatic heterocycles. The largest absolute Gasteiger partial charge is 0.467 e. The summed E-state index contributed by atoms with van der Waals surface area (Å²) >= 11 is 0.686. The smallest absolute Gasteiger partial charge is 0.417 e. The van der Waals surface area contributed by atoms with Crippen molar-refractivity contribution in [3.63, 3.8) is 0 Å². The van der Waals surface area contributed by atoms with Crippen molar-refractivity contribution in [3.05, 3.63) is 58.4 Å². The summed E-state index contributed by atoms with van der Waals surface area (Å²) in [4.78, 5) is 24.4. The molecule has 0 radical (unpaired) electrons. The standard InChI is InChI=1S/C29H21F5N8O2S/c1-44-28-37-23-15(26(38-28)41-7-8-42-13(12-41)9-19(39-42)27(43)40-5-2-6-40)10-17(29(32,33)34)21(22(23)31)14-3-4-18(30)24-20(14)16(11-35)25(36)45-24/h3-4,9-10H,2,5-8,12,36H2,1H3. The molecule has 230 valence electrons. The number of hydrogen-bond acceptors (Lipinski definition) is 9. The Labute approximate surface area is 255 Å². The molecular weight excluding hydrogens is 619 g/mol. The van der Waals surface area contributed by atoms with E-state index < -0.39 is 34.5 Å². The molecule has 2 N–H and O–H groups in total. The second-order valence-electron chi connectivity index (χ2n) is 10.6. The van der Waals surface area contributed by atoms with Crippen LogP contribution >= 0.6 is 11.3 Å². The molecule has 1 saturated heterocycles. The molecule has 2 aliphatic rings. The third-order valence-corrected chi connectivity index (χ3v) is 9.06. The van der Waals surface area contributed by atoms with Gasteiger partial charge < -0.3 is 20.3 Å². The summed E-state index contributed by atoms with van der Waals surface area (Å²) in [7, 11) is 1.24. The summed E-state index contributed by atoms with van der Waals surface area (Å²) in [5, 5.41) is 13.5. The van der Waals surface area contributed by atoms with E-state index in [1.165, 1.54) is 7.11 Å². The topological polar surface area (TPSA) is 126 Å². The van der Waals surface area contributed by atoms with E-state index >= 15 is 4.39 Å². The molecular formula is C29H21F5N8O2S. The van der Waals surface area contributed by atoms with Gasteiger partial charge in [0, 0.05) is 36.0 Å². The summed E-state index contributed by atoms with van der Waals surface area (Å²) in [6.07, 6.45) is -4.16. The molecule has 45 heavy (non-hydrogen) atoms. The third kappa shape index (κ3) is 4.48. The minimum atomic E-state index is -5.08. The lowest BCUT2D eigenvalue weighted by molar-refractivity contribution is -0.137. The molecule has 0 spiro atoms. The van der Waals surface area contributed by atoms with E-state index in [4.69, 9.17) is 10.5 Å². The van der Waals surface area contributed by atoms with Crippen LogP contribution in [0.15, 0.2) is 24.3 Å². The minimum Gasteiger partial charge on any atom is -0.467 e. The van der Waals surface area contributed by atoms with Crippen molar-refractivity contribution in [1.82, 2.24) is 24.6 Å². The summed E-state index contributed by atoms with van der Waals surface area (Å²) < 4.78 is 82.3. The van der Waals surface area contributed by atoms with Gasteiger partial charge in [0.2, 0.25) is 0 Å². The molecule has 2 aliphatic heterocycles. The number of amides is 1. The maximum atomic E-state index is 16.6. The van der Waals surface area contributed by atoms with Gasteiger partial charge in [-0.2, -0.15) is 33.5 Å². The van der Waals surface area contributed by atoms with Crippen molar-refractivity contribution in [2.75, 3.05) is 37.4 Å². The average molecular weight is 641 g/mol. The molecule has 10 nitrogen and oxygen atoms in total. The summed E-state index contributed by atoms with van der Waals surface area (Å²) in [5.41, 5.74) is 3.43. The number of thiophene rings is 1. The molecule has 1 fully saturated rings. The molecule has 0 saturated carbocycles. The van der Waals surface area contributed by atoms with Crippen LogP contribution in [0.4, 0.5) is 32.8 Å². The number of nitriles is 1. The van der Waals surface area contributed by atoms with Crippen LogP contribution in [-0.2, 0) is 19.3 Å². The van der Waals surface area contributed by atoms with Crippen LogP contribution < -0.4 is 15.4 Å². The van der Waals surface area contributed by atoms with Crippen LogP contribution in [0, 0.1) is 23.0 Å². The lowest BCUT2D eigenvalue weighted by atomic mass is 9.92. The van der Waals surface area contributed by atoms with Crippen molar-refractivity contribution in [1.29, 1.82) is 5.26 Å². The van der Waals surface area contributed by atoms with Gasteiger partial charge in [-0.3, -0.25) is 9.48 Å². The molecule has 0 bridgehead atoms. The number of carbonyl (C=O) groups is 1. The van der Waals surface area contributed by atoms with Gasteiger partial charge in [-0.1, -0.05) is 6.07 Å². The highest BCUT2D eigenvalue weighted by molar-refractivity contribution is 7.23. The highest BCUT2D eigenvalue weighted by Gasteiger charge is 2.39. The van der Waals surface area contributed by atoms with Crippen LogP contribution in [0.2, 0.25) is 0 Å². The number of likely N-dealkylation sites (tertiary alicyclic amines) is 1. The molecule has 5 aromatic rings. The van der Waals surface area contributed by atoms with E-state index in [1.54, 1.807) is 26.6 Å². The zero-order valence-electron chi connectivity index (χ0n) is 23.4. The number of carbonyl (C=O) groups excluding carboxylic acids is 1. The second-order valence-corrected chi connectivity index (χ2v) is 11.7. The number of ether oxygens (including phenoxy) is 1. The van der Waals surface area contributed by atoms with Crippen LogP contribution in [-0.4, -0.2) is 57.3 Å². The van der Waals surface area contributed by atoms with E-state index in [2.05, 4.69) is 15.1 Å². The first-order valence-corrected chi connectivity index (χ1v) is 14.5. The maximum Gasteiger partial charge on any atom is 0.417 e. The number of anilines is 2. The molecule has 5 heterocycles. The summed E-state index contributed by atoms with van der Waals surface area (Å²) in [6, 6.07) is 5.79. The van der Waals surface area contributed by atoms with Gasteiger partial charge in [-0.15, -0.1) is 11.3 Å². The van der Waals surface area contributed by atoms with Crippen LogP contribution in [0.25, 0.3) is 32.1 Å². The predicted molar refractivity (Wildman–Crippen MR) is 155 cm³/mol. The second kappa shape index (κ2) is 10.3. The Kier molecular flexibility index (Phi) is 6.55. The Morgan fingerprint density at radius 3 is 2.58 bits per heavy atom. The first-order chi connectivity index (χ1) is 21.5. The van der Waals surface area contributed by atoms with E-state index in [0.717, 1.165) is 24.6 Å². The van der Waals surface area contributed by atoms with E-state index in [-0.39, 0.29) is 74.7 Å². The monoisotopic (exact) mass is 640 g/mol. The van der Waals surface area contributed by atoms with Gasteiger partial charge in [-0.25, -0.2) is 8.78 Å². The zero-order chi connectivity index (χ0) is 31.8. The fourth-order valence-electron chi connectivity index (χ4n) is 5.75. The molecule has 2 aromatic carbocycles. The number of alkyl halides is 3. The molecule has 0 aliphatic carbocycles. The highest BCUT2D eigenvalue weighted by atomic mass is 32.1. The van der Waals surface area contributed by atoms with Gasteiger partial charge in [0.15, 0.2) is 11.5 Å². The number of halogens is 5. The lowest BCUT2D eigenvalue weighted by Gasteiger charge is -2.30. The zero-order valence-corrected chi connectivity index (χ0v) is 24.2. The lowest BCUT2D eigenvalue weighted by Crippen LogP contribution is -2.42. The third-order valence-electron chi connectivity index (χ3n) is 8.04. The van der Waals surface area contributed by atoms with Crippen molar-refractivity contribution < 1.29 is 31.5 Å². The Morgan fingerprint density at radius 2 is 1.91 bits per heavy atom. The number of nitrogens with zero attached hydrogens (tertiary/aromatic N) is 7. The Balaban J connectivity index is 1.42. The van der Waals surface area contributed by atoms with E-state index in [1.807, 2.05) is 0 Å². The van der Waals surface area contributed by atoms with Crippen molar-refractivity contribution in [3.8, 4) is 23.2 Å². The van der Waals surface area contributed by atoms with E-state index in [9.17, 15) is 27.6 Å². The Bertz CT molecular complexity index is 2100. The molecule has 16 heteroatoms. The number of nitrogen functional groups attached to an aromatic ring is 1. The van der Waals surface area contributed by atoms with Gasteiger partial charge >= 0.3 is 12.2 Å². The van der Waals surface area contributed by atoms with Crippen LogP contribution in [0.1, 0.15) is 33.7 Å². The molecule has 0 unspecified atom stereocenters. The van der Waals surface area contributed by atoms with Crippen LogP contribution in [0.3, 0.4) is 0 Å². The van der Waals surface area contributed by atoms with Gasteiger partial charge in [0.1, 0.15) is 28.2 Å². The SMILES string of the molecule is COc1nc(N2CCn3nc(C(=O)N4CCC4)cc3C2)c2cc(C(F)(F)F)c(-c3ccc(F)c4sc(N)c(C#N)c34)c(F)c2n1. The highest BCUT2D eigenvalue weighted by Crippen LogP contribution is 2.48. The average Bonchev–Trinajstić information content (AvgIpc) is 3.56. The van der Waals surface area contributed by atoms with Gasteiger partial charge in [0.05, 0.1) is 41.7 Å². The molecule has 1 amide bonds. The van der Waals surface area contributed by atoms with E-state index in [0.29, 0.717) is 30.1 Å². The van der Waals surface area contributed by atoms with Crippen molar-refractivity contribution >= 4 is 49.1 Å².